The highest BCUT2D eigenvalue weighted by atomic mass is 19.1. The van der Waals surface area contributed by atoms with Gasteiger partial charge in [0.15, 0.2) is 6.10 Å². The van der Waals surface area contributed by atoms with E-state index in [9.17, 15) is 9.50 Å². The van der Waals surface area contributed by atoms with Crippen molar-refractivity contribution >= 4 is 0 Å². The highest BCUT2D eigenvalue weighted by molar-refractivity contribution is 5.28. The number of nitrogens with zero attached hydrogens (tertiary/aromatic N) is 1. The molecular formula is C18H19FN2O2. The van der Waals surface area contributed by atoms with Gasteiger partial charge in [0, 0.05) is 13.1 Å². The fourth-order valence-electron chi connectivity index (χ4n) is 2.07. The number of rotatable bonds is 7. The van der Waals surface area contributed by atoms with Crippen LogP contribution in [0.25, 0.3) is 0 Å². The number of benzene rings is 2. The molecule has 2 unspecified atom stereocenters. The van der Waals surface area contributed by atoms with Gasteiger partial charge in [-0.1, -0.05) is 24.3 Å². The molecule has 2 aromatic rings. The summed E-state index contributed by atoms with van der Waals surface area (Å²) in [6, 6.07) is 15.2. The summed E-state index contributed by atoms with van der Waals surface area (Å²) in [5, 5.41) is 21.9. The summed E-state index contributed by atoms with van der Waals surface area (Å²) in [7, 11) is 0. The van der Waals surface area contributed by atoms with E-state index in [0.29, 0.717) is 24.4 Å². The molecule has 0 aromatic heterocycles. The molecule has 0 spiro atoms. The molecule has 2 rings (SSSR count). The minimum Gasteiger partial charge on any atom is -0.476 e. The zero-order valence-corrected chi connectivity index (χ0v) is 12.9. The first-order chi connectivity index (χ1) is 11.1. The minimum atomic E-state index is -0.685. The summed E-state index contributed by atoms with van der Waals surface area (Å²) in [5.41, 5.74) is 1.71. The number of aliphatic hydroxyl groups is 1. The van der Waals surface area contributed by atoms with Gasteiger partial charge < -0.3 is 15.2 Å². The average molecular weight is 314 g/mol. The zero-order valence-electron chi connectivity index (χ0n) is 12.9. The summed E-state index contributed by atoms with van der Waals surface area (Å²) >= 11 is 0. The van der Waals surface area contributed by atoms with Gasteiger partial charge in [-0.25, -0.2) is 4.39 Å². The second-order valence-electron chi connectivity index (χ2n) is 5.23. The summed E-state index contributed by atoms with van der Waals surface area (Å²) in [6.45, 7) is 2.65. The van der Waals surface area contributed by atoms with E-state index < -0.39 is 12.2 Å². The lowest BCUT2D eigenvalue weighted by atomic mass is 10.1. The van der Waals surface area contributed by atoms with Crippen LogP contribution < -0.4 is 10.1 Å². The van der Waals surface area contributed by atoms with E-state index in [1.54, 1.807) is 31.2 Å². The molecule has 23 heavy (non-hydrogen) atoms. The molecule has 0 heterocycles. The van der Waals surface area contributed by atoms with Gasteiger partial charge in [0.25, 0.3) is 0 Å². The summed E-state index contributed by atoms with van der Waals surface area (Å²) in [4.78, 5) is 0. The second-order valence-corrected chi connectivity index (χ2v) is 5.23. The fraction of sp³-hybridized carbons (Fsp3) is 0.278. The van der Waals surface area contributed by atoms with Gasteiger partial charge in [-0.2, -0.15) is 5.26 Å². The maximum absolute atomic E-state index is 12.8. The van der Waals surface area contributed by atoms with Crippen molar-refractivity contribution in [1.29, 1.82) is 5.26 Å². The topological polar surface area (TPSA) is 65.3 Å². The second kappa shape index (κ2) is 8.28. The van der Waals surface area contributed by atoms with E-state index in [0.717, 1.165) is 5.56 Å². The summed E-state index contributed by atoms with van der Waals surface area (Å²) in [6.07, 6.45) is -1.17. The Bertz CT molecular complexity index is 650. The fourth-order valence-corrected chi connectivity index (χ4v) is 2.07. The molecule has 0 aliphatic rings. The third-order valence-corrected chi connectivity index (χ3v) is 3.34. The number of ether oxygens (including phenoxy) is 1. The summed E-state index contributed by atoms with van der Waals surface area (Å²) in [5.74, 6) is 0.330. The highest BCUT2D eigenvalue weighted by Crippen LogP contribution is 2.15. The standard InChI is InChI=1S/C18H19FN2O2/c1-13(10-20)23-17-8-2-14(3-9-17)11-21-12-18(22)15-4-6-16(19)7-5-15/h2-9,13,18,21-22H,11-12H2,1H3. The third kappa shape index (κ3) is 5.37. The number of hydrogen-bond donors (Lipinski definition) is 2. The first kappa shape index (κ1) is 16.9. The highest BCUT2D eigenvalue weighted by Gasteiger charge is 2.07. The molecule has 4 nitrogen and oxygen atoms in total. The van der Waals surface area contributed by atoms with Crippen LogP contribution in [0, 0.1) is 17.1 Å². The minimum absolute atomic E-state index is 0.318. The molecule has 0 amide bonds. The number of nitrogens with one attached hydrogen (secondary N) is 1. The third-order valence-electron chi connectivity index (χ3n) is 3.34. The van der Waals surface area contributed by atoms with E-state index in [-0.39, 0.29) is 5.82 Å². The molecule has 0 aliphatic carbocycles. The van der Waals surface area contributed by atoms with Crippen LogP contribution in [0.1, 0.15) is 24.2 Å². The van der Waals surface area contributed by atoms with Gasteiger partial charge in [0.1, 0.15) is 17.6 Å². The molecule has 2 atom stereocenters. The maximum atomic E-state index is 12.8. The molecule has 5 heteroatoms. The van der Waals surface area contributed by atoms with E-state index in [4.69, 9.17) is 10.00 Å². The summed E-state index contributed by atoms with van der Waals surface area (Å²) < 4.78 is 18.2. The Balaban J connectivity index is 1.79. The van der Waals surface area contributed by atoms with E-state index in [1.807, 2.05) is 18.2 Å². The van der Waals surface area contributed by atoms with Crippen LogP contribution in [0.15, 0.2) is 48.5 Å². The van der Waals surface area contributed by atoms with Crippen molar-refractivity contribution in [2.45, 2.75) is 25.7 Å². The van der Waals surface area contributed by atoms with Crippen molar-refractivity contribution in [3.63, 3.8) is 0 Å². The predicted octanol–water partition coefficient (Wildman–Crippen LogP) is 2.94. The quantitative estimate of drug-likeness (QED) is 0.824. The Morgan fingerprint density at radius 2 is 1.83 bits per heavy atom. The van der Waals surface area contributed by atoms with Crippen LogP contribution in [0.5, 0.6) is 5.75 Å². The van der Waals surface area contributed by atoms with Crippen LogP contribution in [-0.4, -0.2) is 17.8 Å². The van der Waals surface area contributed by atoms with Crippen LogP contribution >= 0.6 is 0 Å². The van der Waals surface area contributed by atoms with Crippen molar-refractivity contribution < 1.29 is 14.2 Å². The van der Waals surface area contributed by atoms with E-state index in [1.165, 1.54) is 12.1 Å². The van der Waals surface area contributed by atoms with Gasteiger partial charge in [0.2, 0.25) is 0 Å². The Morgan fingerprint density at radius 1 is 1.17 bits per heavy atom. The molecule has 0 saturated heterocycles. The van der Waals surface area contributed by atoms with Gasteiger partial charge >= 0.3 is 0 Å². The van der Waals surface area contributed by atoms with Crippen LogP contribution in [0.3, 0.4) is 0 Å². The average Bonchev–Trinajstić information content (AvgIpc) is 2.57. The maximum Gasteiger partial charge on any atom is 0.181 e. The van der Waals surface area contributed by atoms with E-state index >= 15 is 0 Å². The number of aliphatic hydroxyl groups excluding tert-OH is 1. The smallest absolute Gasteiger partial charge is 0.181 e. The monoisotopic (exact) mass is 314 g/mol. The van der Waals surface area contributed by atoms with Gasteiger partial charge in [-0.05, 0) is 42.3 Å². The van der Waals surface area contributed by atoms with E-state index in [2.05, 4.69) is 5.32 Å². The van der Waals surface area contributed by atoms with Gasteiger partial charge in [-0.3, -0.25) is 0 Å². The number of nitriles is 1. The molecule has 0 saturated carbocycles. The predicted molar refractivity (Wildman–Crippen MR) is 85.2 cm³/mol. The lowest BCUT2D eigenvalue weighted by molar-refractivity contribution is 0.174. The molecule has 0 fully saturated rings. The zero-order chi connectivity index (χ0) is 16.7. The largest absolute Gasteiger partial charge is 0.476 e. The first-order valence-corrected chi connectivity index (χ1v) is 7.38. The first-order valence-electron chi connectivity index (χ1n) is 7.38. The molecule has 0 bridgehead atoms. The molecule has 2 aromatic carbocycles. The van der Waals surface area contributed by atoms with Crippen molar-refractivity contribution in [3.05, 3.63) is 65.5 Å². The van der Waals surface area contributed by atoms with Crippen molar-refractivity contribution in [3.8, 4) is 11.8 Å². The lowest BCUT2D eigenvalue weighted by Crippen LogP contribution is -2.21. The Labute approximate surface area is 135 Å². The molecule has 120 valence electrons. The Morgan fingerprint density at radius 3 is 2.43 bits per heavy atom. The van der Waals surface area contributed by atoms with Crippen LogP contribution in [-0.2, 0) is 6.54 Å². The molecule has 0 aliphatic heterocycles. The van der Waals surface area contributed by atoms with Crippen LogP contribution in [0.2, 0.25) is 0 Å². The van der Waals surface area contributed by atoms with Crippen LogP contribution in [0.4, 0.5) is 4.39 Å². The Hall–Kier alpha value is -2.42. The lowest BCUT2D eigenvalue weighted by Gasteiger charge is -2.13. The molecule has 0 radical (unpaired) electrons. The van der Waals surface area contributed by atoms with Crippen molar-refractivity contribution in [2.24, 2.45) is 0 Å². The van der Waals surface area contributed by atoms with Gasteiger partial charge in [-0.15, -0.1) is 0 Å². The number of halogens is 1. The SMILES string of the molecule is CC(C#N)Oc1ccc(CNCC(O)c2ccc(F)cc2)cc1. The van der Waals surface area contributed by atoms with Gasteiger partial charge in [0.05, 0.1) is 6.10 Å². The molecule has 2 N–H and O–H groups in total. The Kier molecular flexibility index (Phi) is 6.10. The molecular weight excluding hydrogens is 295 g/mol. The van der Waals surface area contributed by atoms with Crippen molar-refractivity contribution in [2.75, 3.05) is 6.54 Å². The van der Waals surface area contributed by atoms with Crippen molar-refractivity contribution in [1.82, 2.24) is 5.32 Å². The normalized spacial score (nSPS) is 13.1. The number of hydrogen-bond acceptors (Lipinski definition) is 4.